The number of carbonyl (C=O) groups is 2. The minimum Gasteiger partial charge on any atom is -0.480 e. The highest BCUT2D eigenvalue weighted by Crippen LogP contribution is 2.45. The number of carboxylic acids is 1. The van der Waals surface area contributed by atoms with Crippen LogP contribution >= 0.6 is 11.8 Å². The predicted molar refractivity (Wildman–Crippen MR) is 77.5 cm³/mol. The van der Waals surface area contributed by atoms with Gasteiger partial charge in [-0.15, -0.1) is 11.8 Å². The second-order valence-corrected chi connectivity index (χ2v) is 6.90. The number of allylic oxidation sites excluding steroid dienone is 1. The number of aliphatic carboxylic acids is 1. The Morgan fingerprint density at radius 3 is 2.65 bits per heavy atom. The largest absolute Gasteiger partial charge is 0.480 e. The monoisotopic (exact) mass is 296 g/mol. The lowest BCUT2D eigenvalue weighted by atomic mass is 10.0. The Morgan fingerprint density at radius 2 is 2.05 bits per heavy atom. The summed E-state index contributed by atoms with van der Waals surface area (Å²) in [6, 6.07) is -0.725. The maximum Gasteiger partial charge on any atom is 0.327 e. The molecule has 0 aromatic rings. The van der Waals surface area contributed by atoms with Gasteiger partial charge in [-0.2, -0.15) is 0 Å². The summed E-state index contributed by atoms with van der Waals surface area (Å²) in [6.45, 7) is 0. The molecule has 0 aromatic carbocycles. The van der Waals surface area contributed by atoms with E-state index < -0.39 is 12.0 Å². The van der Waals surface area contributed by atoms with Gasteiger partial charge in [0.25, 0.3) is 0 Å². The van der Waals surface area contributed by atoms with Crippen molar-refractivity contribution >= 4 is 23.8 Å². The van der Waals surface area contributed by atoms with E-state index in [-0.39, 0.29) is 17.4 Å². The molecule has 20 heavy (non-hydrogen) atoms. The summed E-state index contributed by atoms with van der Waals surface area (Å²) in [5.74, 6) is 0.106. The number of thioether (sulfide) groups is 1. The van der Waals surface area contributed by atoms with Gasteiger partial charge in [0.05, 0.1) is 5.37 Å². The van der Waals surface area contributed by atoms with Crippen LogP contribution in [-0.2, 0) is 4.79 Å². The van der Waals surface area contributed by atoms with Crippen LogP contribution in [0.2, 0.25) is 0 Å². The first-order valence-electron chi connectivity index (χ1n) is 7.25. The first-order valence-corrected chi connectivity index (χ1v) is 8.30. The smallest absolute Gasteiger partial charge is 0.327 e. The van der Waals surface area contributed by atoms with Gasteiger partial charge in [0.1, 0.15) is 6.04 Å². The molecule has 1 saturated heterocycles. The number of hydrogen-bond acceptors (Lipinski definition) is 3. The van der Waals surface area contributed by atoms with E-state index in [9.17, 15) is 14.7 Å². The molecule has 0 aromatic heterocycles. The molecule has 1 aliphatic heterocycles. The lowest BCUT2D eigenvalue weighted by molar-refractivity contribution is -0.141. The van der Waals surface area contributed by atoms with Crippen LogP contribution in [0, 0.1) is 5.92 Å². The molecular weight excluding hydrogens is 276 g/mol. The molecule has 6 heteroatoms. The molecule has 0 radical (unpaired) electrons. The molecule has 3 aliphatic rings. The van der Waals surface area contributed by atoms with Crippen LogP contribution in [0.5, 0.6) is 0 Å². The van der Waals surface area contributed by atoms with E-state index in [1.54, 1.807) is 16.7 Å². The van der Waals surface area contributed by atoms with Crippen LogP contribution in [-0.4, -0.2) is 45.2 Å². The van der Waals surface area contributed by atoms with E-state index in [1.807, 2.05) is 0 Å². The van der Waals surface area contributed by atoms with Gasteiger partial charge in [0.2, 0.25) is 0 Å². The molecule has 3 atom stereocenters. The minimum absolute atomic E-state index is 0.0511. The van der Waals surface area contributed by atoms with E-state index in [0.717, 1.165) is 32.1 Å². The fourth-order valence-electron chi connectivity index (χ4n) is 2.89. The number of amides is 2. The van der Waals surface area contributed by atoms with Crippen molar-refractivity contribution in [2.75, 3.05) is 5.75 Å². The van der Waals surface area contributed by atoms with E-state index in [1.165, 1.54) is 0 Å². The van der Waals surface area contributed by atoms with E-state index in [0.29, 0.717) is 11.7 Å². The fourth-order valence-corrected chi connectivity index (χ4v) is 4.52. The molecule has 1 heterocycles. The summed E-state index contributed by atoms with van der Waals surface area (Å²) in [7, 11) is 0. The summed E-state index contributed by atoms with van der Waals surface area (Å²) in [6.07, 6.45) is 9.20. The van der Waals surface area contributed by atoms with Gasteiger partial charge in [-0.3, -0.25) is 4.90 Å². The number of carbonyl (C=O) groups excluding carboxylic acids is 1. The van der Waals surface area contributed by atoms with Crippen molar-refractivity contribution in [3.63, 3.8) is 0 Å². The zero-order valence-corrected chi connectivity index (χ0v) is 12.1. The lowest BCUT2D eigenvalue weighted by Gasteiger charge is -2.30. The number of nitrogens with zero attached hydrogens (tertiary/aromatic N) is 1. The zero-order valence-electron chi connectivity index (χ0n) is 11.3. The summed E-state index contributed by atoms with van der Waals surface area (Å²) >= 11 is 1.62. The normalized spacial score (nSPS) is 33.2. The topological polar surface area (TPSA) is 69.6 Å². The van der Waals surface area contributed by atoms with Gasteiger partial charge < -0.3 is 10.4 Å². The highest BCUT2D eigenvalue weighted by Gasteiger charge is 2.48. The number of nitrogens with one attached hydrogen (secondary N) is 1. The molecule has 5 nitrogen and oxygen atoms in total. The van der Waals surface area contributed by atoms with Crippen molar-refractivity contribution in [1.82, 2.24) is 10.2 Å². The molecule has 0 bridgehead atoms. The third kappa shape index (κ3) is 2.80. The van der Waals surface area contributed by atoms with Crippen molar-refractivity contribution in [3.05, 3.63) is 12.2 Å². The van der Waals surface area contributed by atoms with E-state index in [2.05, 4.69) is 17.5 Å². The van der Waals surface area contributed by atoms with Crippen LogP contribution in [0.25, 0.3) is 0 Å². The van der Waals surface area contributed by atoms with Crippen LogP contribution in [0.4, 0.5) is 4.79 Å². The van der Waals surface area contributed by atoms with Crippen LogP contribution in [0.3, 0.4) is 0 Å². The molecule has 3 unspecified atom stereocenters. The Bertz CT molecular complexity index is 436. The Balaban J connectivity index is 1.68. The minimum atomic E-state index is -0.890. The molecule has 1 saturated carbocycles. The van der Waals surface area contributed by atoms with Crippen molar-refractivity contribution < 1.29 is 14.7 Å². The van der Waals surface area contributed by atoms with Crippen LogP contribution < -0.4 is 5.32 Å². The van der Waals surface area contributed by atoms with Gasteiger partial charge in [-0.1, -0.05) is 12.2 Å². The molecule has 110 valence electrons. The highest BCUT2D eigenvalue weighted by molar-refractivity contribution is 8.00. The Morgan fingerprint density at radius 1 is 1.25 bits per heavy atom. The van der Waals surface area contributed by atoms with E-state index in [4.69, 9.17) is 0 Å². The second-order valence-electron chi connectivity index (χ2n) is 5.75. The summed E-state index contributed by atoms with van der Waals surface area (Å²) in [4.78, 5) is 25.4. The average Bonchev–Trinajstić information content (AvgIpc) is 3.17. The Hall–Kier alpha value is -1.17. The van der Waals surface area contributed by atoms with E-state index >= 15 is 0 Å². The molecule has 2 N–H and O–H groups in total. The van der Waals surface area contributed by atoms with Crippen molar-refractivity contribution in [2.24, 2.45) is 5.92 Å². The SMILES string of the molecule is O=C(O)C1CSC(C2CC2)N1C(=O)NC1CC=CCC1. The summed E-state index contributed by atoms with van der Waals surface area (Å²) < 4.78 is 0. The van der Waals surface area contributed by atoms with Gasteiger partial charge in [-0.25, -0.2) is 9.59 Å². The number of carboxylic acid groups (broad SMARTS) is 1. The Kier molecular flexibility index (Phi) is 3.92. The van der Waals surface area contributed by atoms with Crippen LogP contribution in [0.1, 0.15) is 32.1 Å². The van der Waals surface area contributed by atoms with Gasteiger partial charge in [-0.05, 0) is 38.0 Å². The van der Waals surface area contributed by atoms with Gasteiger partial charge >= 0.3 is 12.0 Å². The molecule has 2 amide bonds. The molecule has 2 fully saturated rings. The van der Waals surface area contributed by atoms with Crippen molar-refractivity contribution in [3.8, 4) is 0 Å². The van der Waals surface area contributed by atoms with Crippen molar-refractivity contribution in [2.45, 2.75) is 49.6 Å². The summed E-state index contributed by atoms with van der Waals surface area (Å²) in [5, 5.41) is 12.4. The quantitative estimate of drug-likeness (QED) is 0.782. The maximum absolute atomic E-state index is 12.5. The molecule has 0 spiro atoms. The van der Waals surface area contributed by atoms with Crippen molar-refractivity contribution in [1.29, 1.82) is 0 Å². The standard InChI is InChI=1S/C14H20N2O3S/c17-13(18)11-8-20-12(9-6-7-9)16(11)14(19)15-10-4-2-1-3-5-10/h1-2,9-12H,3-8H2,(H,15,19)(H,17,18). The molecular formula is C14H20N2O3S. The number of rotatable bonds is 3. The highest BCUT2D eigenvalue weighted by atomic mass is 32.2. The third-order valence-corrected chi connectivity index (χ3v) is 5.64. The van der Waals surface area contributed by atoms with Crippen LogP contribution in [0.15, 0.2) is 12.2 Å². The summed E-state index contributed by atoms with van der Waals surface area (Å²) in [5.41, 5.74) is 0. The Labute approximate surface area is 122 Å². The first kappa shape index (κ1) is 13.8. The predicted octanol–water partition coefficient (Wildman–Crippen LogP) is 2.04. The number of urea groups is 1. The maximum atomic E-state index is 12.5. The fraction of sp³-hybridized carbons (Fsp3) is 0.714. The molecule has 2 aliphatic carbocycles. The molecule has 3 rings (SSSR count). The second kappa shape index (κ2) is 5.68. The van der Waals surface area contributed by atoms with Gasteiger partial charge in [0.15, 0.2) is 0 Å². The average molecular weight is 296 g/mol. The number of hydrogen-bond donors (Lipinski definition) is 2. The lowest BCUT2D eigenvalue weighted by Crippen LogP contribution is -2.53. The van der Waals surface area contributed by atoms with Gasteiger partial charge in [0, 0.05) is 11.8 Å². The third-order valence-electron chi connectivity index (χ3n) is 4.18. The first-order chi connectivity index (χ1) is 9.66. The zero-order chi connectivity index (χ0) is 14.1.